The van der Waals surface area contributed by atoms with Crippen LogP contribution in [0.1, 0.15) is 181 Å². The second kappa shape index (κ2) is 29.3. The van der Waals surface area contributed by atoms with Crippen molar-refractivity contribution in [2.24, 2.45) is 0 Å². The van der Waals surface area contributed by atoms with Gasteiger partial charge in [0.25, 0.3) is 0 Å². The summed E-state index contributed by atoms with van der Waals surface area (Å²) in [6.45, 7) is 4.25. The number of allylic oxidation sites excluding steroid dienone is 1. The molecule has 0 aromatic rings. The highest BCUT2D eigenvalue weighted by molar-refractivity contribution is 5.69. The van der Waals surface area contributed by atoms with Crippen molar-refractivity contribution in [2.45, 2.75) is 199 Å². The fourth-order valence-corrected chi connectivity index (χ4v) is 5.50. The second-order valence-electron chi connectivity index (χ2n) is 12.7. The Kier molecular flexibility index (Phi) is 27.0. The molecule has 3 atom stereocenters. The van der Waals surface area contributed by atoms with E-state index < -0.39 is 6.10 Å². The van der Waals surface area contributed by atoms with Crippen LogP contribution >= 0.6 is 0 Å². The first-order valence-corrected chi connectivity index (χ1v) is 18.4. The zero-order valence-corrected chi connectivity index (χ0v) is 28.2. The molecule has 1 rings (SSSR count). The van der Waals surface area contributed by atoms with Gasteiger partial charge in [-0.1, -0.05) is 142 Å². The maximum Gasteiger partial charge on any atom is 0.305 e. The lowest BCUT2D eigenvalue weighted by Crippen LogP contribution is -2.25. The van der Waals surface area contributed by atoms with Gasteiger partial charge < -0.3 is 19.3 Å². The molecule has 1 saturated heterocycles. The lowest BCUT2D eigenvalue weighted by molar-refractivity contribution is -0.152. The third kappa shape index (κ3) is 26.7. The van der Waals surface area contributed by atoms with E-state index in [2.05, 4.69) is 26.0 Å². The number of hydrogen-bond acceptors (Lipinski definition) is 6. The summed E-state index contributed by atoms with van der Waals surface area (Å²) in [5.41, 5.74) is 0. The van der Waals surface area contributed by atoms with Crippen LogP contribution in [0.2, 0.25) is 0 Å². The highest BCUT2D eigenvalue weighted by Gasteiger charge is 2.36. The molecule has 1 heterocycles. The minimum atomic E-state index is -0.967. The molecule has 0 spiro atoms. The van der Waals surface area contributed by atoms with Gasteiger partial charge in [-0.15, -0.1) is 0 Å². The van der Waals surface area contributed by atoms with Crippen LogP contribution in [-0.4, -0.2) is 48.6 Å². The Labute approximate surface area is 265 Å². The van der Waals surface area contributed by atoms with E-state index in [1.165, 1.54) is 103 Å². The number of epoxide rings is 1. The Bertz CT molecular complexity index is 678. The number of rotatable bonds is 32. The first-order valence-electron chi connectivity index (χ1n) is 18.4. The summed E-state index contributed by atoms with van der Waals surface area (Å²) in [7, 11) is 0. The molecule has 2 unspecified atom stereocenters. The Hall–Kier alpha value is -1.40. The van der Waals surface area contributed by atoms with E-state index in [0.29, 0.717) is 25.0 Å². The molecule has 1 aliphatic heterocycles. The molecular weight excluding hydrogens is 540 g/mol. The molecule has 0 saturated carbocycles. The van der Waals surface area contributed by atoms with E-state index in [9.17, 15) is 14.7 Å². The molecule has 0 amide bonds. The summed E-state index contributed by atoms with van der Waals surface area (Å²) in [6, 6.07) is 0. The molecule has 43 heavy (non-hydrogen) atoms. The fourth-order valence-electron chi connectivity index (χ4n) is 5.50. The van der Waals surface area contributed by atoms with E-state index >= 15 is 0 Å². The van der Waals surface area contributed by atoms with Crippen LogP contribution in [0, 0.1) is 0 Å². The average Bonchev–Trinajstić information content (AvgIpc) is 3.76. The highest BCUT2D eigenvalue weighted by atomic mass is 16.6. The SMILES string of the molecule is CCCCCCCCCCCCCCCC(=O)OC[C@H](O)COC(=O)CCCCCCC/C=C\CC1OC1CCCCC. The third-order valence-corrected chi connectivity index (χ3v) is 8.42. The zero-order chi connectivity index (χ0) is 31.2. The summed E-state index contributed by atoms with van der Waals surface area (Å²) >= 11 is 0. The monoisotopic (exact) mass is 609 g/mol. The third-order valence-electron chi connectivity index (χ3n) is 8.42. The highest BCUT2D eigenvalue weighted by Crippen LogP contribution is 2.30. The van der Waals surface area contributed by atoms with E-state index in [-0.39, 0.29) is 25.2 Å². The van der Waals surface area contributed by atoms with Crippen LogP contribution in [0.3, 0.4) is 0 Å². The summed E-state index contributed by atoms with van der Waals surface area (Å²) in [4.78, 5) is 23.9. The van der Waals surface area contributed by atoms with Crippen molar-refractivity contribution in [1.82, 2.24) is 0 Å². The van der Waals surface area contributed by atoms with E-state index in [1.807, 2.05) is 0 Å². The lowest BCUT2D eigenvalue weighted by Gasteiger charge is -2.12. The number of unbranched alkanes of at least 4 members (excludes halogenated alkanes) is 19. The van der Waals surface area contributed by atoms with Gasteiger partial charge in [-0.05, 0) is 38.5 Å². The van der Waals surface area contributed by atoms with Crippen molar-refractivity contribution in [3.63, 3.8) is 0 Å². The van der Waals surface area contributed by atoms with E-state index in [4.69, 9.17) is 14.2 Å². The van der Waals surface area contributed by atoms with Gasteiger partial charge in [-0.25, -0.2) is 0 Å². The van der Waals surface area contributed by atoms with Crippen molar-refractivity contribution in [3.05, 3.63) is 12.2 Å². The van der Waals surface area contributed by atoms with Crippen molar-refractivity contribution >= 4 is 11.9 Å². The summed E-state index contributed by atoms with van der Waals surface area (Å²) in [5.74, 6) is -0.581. The Morgan fingerprint density at radius 2 is 1.05 bits per heavy atom. The molecule has 0 bridgehead atoms. The molecule has 6 nitrogen and oxygen atoms in total. The van der Waals surface area contributed by atoms with Crippen LogP contribution in [0.5, 0.6) is 0 Å². The first-order chi connectivity index (χ1) is 21.1. The number of ether oxygens (including phenoxy) is 3. The van der Waals surface area contributed by atoms with Crippen LogP contribution in [0.25, 0.3) is 0 Å². The maximum atomic E-state index is 11.9. The zero-order valence-electron chi connectivity index (χ0n) is 28.2. The molecule has 1 aliphatic rings. The van der Waals surface area contributed by atoms with Crippen molar-refractivity contribution in [3.8, 4) is 0 Å². The molecule has 1 N–H and O–H groups in total. The molecule has 0 radical (unpaired) electrons. The predicted molar refractivity (Wildman–Crippen MR) is 177 cm³/mol. The number of aliphatic hydroxyl groups excluding tert-OH is 1. The van der Waals surface area contributed by atoms with Gasteiger partial charge in [0.15, 0.2) is 0 Å². The van der Waals surface area contributed by atoms with E-state index in [1.54, 1.807) is 0 Å². The largest absolute Gasteiger partial charge is 0.463 e. The summed E-state index contributed by atoms with van der Waals surface area (Å²) < 4.78 is 16.0. The molecule has 252 valence electrons. The first kappa shape index (κ1) is 39.6. The van der Waals surface area contributed by atoms with Crippen molar-refractivity contribution < 1.29 is 28.9 Å². The van der Waals surface area contributed by atoms with Crippen molar-refractivity contribution in [1.29, 1.82) is 0 Å². The molecule has 0 aromatic carbocycles. The standard InChI is InChI=1S/C37H68O6/c1-3-5-7-8-9-10-11-12-13-14-18-21-25-29-36(39)41-31-33(38)32-42-37(40)30-26-22-19-16-15-17-20-24-28-35-34(43-35)27-23-6-4-2/h20,24,33-35,38H,3-19,21-23,25-32H2,1-2H3/b24-20-/t33-,34?,35?/m0/s1. The van der Waals surface area contributed by atoms with Crippen LogP contribution in [0.15, 0.2) is 12.2 Å². The molecule has 0 aromatic heterocycles. The minimum Gasteiger partial charge on any atom is -0.463 e. The molecule has 1 fully saturated rings. The van der Waals surface area contributed by atoms with Gasteiger partial charge in [0.05, 0.1) is 12.2 Å². The van der Waals surface area contributed by atoms with Gasteiger partial charge in [-0.3, -0.25) is 9.59 Å². The van der Waals surface area contributed by atoms with Crippen LogP contribution in [-0.2, 0) is 23.8 Å². The second-order valence-corrected chi connectivity index (χ2v) is 12.7. The molecule has 0 aliphatic carbocycles. The quantitative estimate of drug-likeness (QED) is 0.0354. The average molecular weight is 609 g/mol. The topological polar surface area (TPSA) is 85.4 Å². The number of carbonyl (C=O) groups is 2. The van der Waals surface area contributed by atoms with Crippen LogP contribution in [0.4, 0.5) is 0 Å². The number of esters is 2. The minimum absolute atomic E-state index is 0.119. The lowest BCUT2D eigenvalue weighted by atomic mass is 10.0. The number of hydrogen-bond donors (Lipinski definition) is 1. The van der Waals surface area contributed by atoms with Crippen LogP contribution < -0.4 is 0 Å². The molecular formula is C37H68O6. The fraction of sp³-hybridized carbons (Fsp3) is 0.892. The van der Waals surface area contributed by atoms with E-state index in [0.717, 1.165) is 51.4 Å². The predicted octanol–water partition coefficient (Wildman–Crippen LogP) is 9.94. The van der Waals surface area contributed by atoms with Gasteiger partial charge in [-0.2, -0.15) is 0 Å². The van der Waals surface area contributed by atoms with Gasteiger partial charge in [0.1, 0.15) is 19.3 Å². The summed E-state index contributed by atoms with van der Waals surface area (Å²) in [6.07, 6.45) is 34.3. The Morgan fingerprint density at radius 1 is 0.605 bits per heavy atom. The summed E-state index contributed by atoms with van der Waals surface area (Å²) in [5, 5.41) is 9.98. The smallest absolute Gasteiger partial charge is 0.305 e. The normalized spacial score (nSPS) is 16.9. The Morgan fingerprint density at radius 3 is 1.56 bits per heavy atom. The Balaban J connectivity index is 1.82. The van der Waals surface area contributed by atoms with Gasteiger partial charge >= 0.3 is 11.9 Å². The maximum absolute atomic E-state index is 11.9. The number of carbonyl (C=O) groups excluding carboxylic acids is 2. The molecule has 6 heteroatoms. The van der Waals surface area contributed by atoms with Gasteiger partial charge in [0.2, 0.25) is 0 Å². The number of aliphatic hydroxyl groups is 1. The van der Waals surface area contributed by atoms with Gasteiger partial charge in [0, 0.05) is 12.8 Å². The van der Waals surface area contributed by atoms with Crippen molar-refractivity contribution in [2.75, 3.05) is 13.2 Å².